The lowest BCUT2D eigenvalue weighted by molar-refractivity contribution is -0.384. The van der Waals surface area contributed by atoms with Crippen molar-refractivity contribution in [2.45, 2.75) is 0 Å². The molecule has 1 aliphatic heterocycles. The van der Waals surface area contributed by atoms with Gasteiger partial charge in [-0.3, -0.25) is 25.0 Å². The minimum atomic E-state index is -0.916. The average Bonchev–Trinajstić information content (AvgIpc) is 2.71. The monoisotopic (exact) mass is 410 g/mol. The van der Waals surface area contributed by atoms with E-state index in [4.69, 9.17) is 4.74 Å². The lowest BCUT2D eigenvalue weighted by atomic mass is 10.1. The maximum absolute atomic E-state index is 13.0. The second-order valence-corrected chi connectivity index (χ2v) is 6.53. The Morgan fingerprint density at radius 1 is 1.13 bits per heavy atom. The molecule has 3 rings (SSSR count). The van der Waals surface area contributed by atoms with E-state index in [-0.39, 0.29) is 28.3 Å². The standard InChI is InChI=1S/C20H18N4O6/c1-22(2)14-9-8-12(11-16(14)24(28)29)10-13-18(25)21-20(27)23(19(13)26)15-6-4-5-7-17(15)30-3/h4-11H,1-3H3,(H,21,25,27)/b13-10+. The van der Waals surface area contributed by atoms with E-state index < -0.39 is 22.8 Å². The van der Waals surface area contributed by atoms with Crippen molar-refractivity contribution >= 4 is 41.0 Å². The van der Waals surface area contributed by atoms with Gasteiger partial charge in [0.2, 0.25) is 0 Å². The summed E-state index contributed by atoms with van der Waals surface area (Å²) >= 11 is 0. The third-order valence-electron chi connectivity index (χ3n) is 4.42. The molecule has 0 radical (unpaired) electrons. The van der Waals surface area contributed by atoms with Crippen LogP contribution in [0.5, 0.6) is 5.75 Å². The number of imide groups is 2. The summed E-state index contributed by atoms with van der Waals surface area (Å²) in [7, 11) is 4.71. The molecule has 0 spiro atoms. The molecule has 1 aliphatic rings. The maximum Gasteiger partial charge on any atom is 0.336 e. The number of rotatable bonds is 5. The van der Waals surface area contributed by atoms with Crippen LogP contribution in [0.2, 0.25) is 0 Å². The van der Waals surface area contributed by atoms with Crippen LogP contribution >= 0.6 is 0 Å². The van der Waals surface area contributed by atoms with Gasteiger partial charge in [-0.2, -0.15) is 0 Å². The smallest absolute Gasteiger partial charge is 0.336 e. The molecule has 154 valence electrons. The minimum absolute atomic E-state index is 0.162. The van der Waals surface area contributed by atoms with E-state index in [0.717, 1.165) is 4.90 Å². The first-order valence-electron chi connectivity index (χ1n) is 8.75. The Hall–Kier alpha value is -4.21. The lowest BCUT2D eigenvalue weighted by Crippen LogP contribution is -2.54. The topological polar surface area (TPSA) is 122 Å². The van der Waals surface area contributed by atoms with Gasteiger partial charge in [0.15, 0.2) is 0 Å². The Morgan fingerprint density at radius 2 is 1.83 bits per heavy atom. The largest absolute Gasteiger partial charge is 0.495 e. The number of nitro benzene ring substituents is 1. The summed E-state index contributed by atoms with van der Waals surface area (Å²) in [6.07, 6.45) is 1.21. The molecule has 1 heterocycles. The van der Waals surface area contributed by atoms with Crippen molar-refractivity contribution < 1.29 is 24.0 Å². The summed E-state index contributed by atoms with van der Waals surface area (Å²) in [6.45, 7) is 0. The van der Waals surface area contributed by atoms with Gasteiger partial charge in [-0.1, -0.05) is 18.2 Å². The van der Waals surface area contributed by atoms with Crippen LogP contribution in [0.15, 0.2) is 48.0 Å². The second-order valence-electron chi connectivity index (χ2n) is 6.53. The highest BCUT2D eigenvalue weighted by Gasteiger charge is 2.38. The van der Waals surface area contributed by atoms with Gasteiger partial charge >= 0.3 is 6.03 Å². The fourth-order valence-corrected chi connectivity index (χ4v) is 3.01. The van der Waals surface area contributed by atoms with E-state index in [1.54, 1.807) is 43.3 Å². The number of nitrogens with one attached hydrogen (secondary N) is 1. The van der Waals surface area contributed by atoms with Gasteiger partial charge < -0.3 is 9.64 Å². The van der Waals surface area contributed by atoms with E-state index in [1.807, 2.05) is 0 Å². The predicted octanol–water partition coefficient (Wildman–Crippen LogP) is 2.34. The molecule has 10 heteroatoms. The van der Waals surface area contributed by atoms with Crippen molar-refractivity contribution in [2.75, 3.05) is 31.0 Å². The van der Waals surface area contributed by atoms with Crippen LogP contribution < -0.4 is 19.9 Å². The predicted molar refractivity (Wildman–Crippen MR) is 109 cm³/mol. The molecule has 0 unspecified atom stereocenters. The molecule has 4 amide bonds. The highest BCUT2D eigenvalue weighted by Crippen LogP contribution is 2.32. The molecule has 30 heavy (non-hydrogen) atoms. The maximum atomic E-state index is 13.0. The van der Waals surface area contributed by atoms with Crippen LogP contribution in [-0.4, -0.2) is 44.0 Å². The summed E-state index contributed by atoms with van der Waals surface area (Å²) in [5.74, 6) is -1.50. The SMILES string of the molecule is COc1ccccc1N1C(=O)NC(=O)/C(=C\c2ccc(N(C)C)c([N+](=O)[O-])c2)C1=O. The fourth-order valence-electron chi connectivity index (χ4n) is 3.01. The molecule has 0 bridgehead atoms. The van der Waals surface area contributed by atoms with Crippen LogP contribution in [0.3, 0.4) is 0 Å². The molecule has 2 aromatic rings. The number of para-hydroxylation sites is 2. The van der Waals surface area contributed by atoms with E-state index >= 15 is 0 Å². The van der Waals surface area contributed by atoms with Crippen molar-refractivity contribution in [1.29, 1.82) is 0 Å². The van der Waals surface area contributed by atoms with Crippen LogP contribution in [0.1, 0.15) is 5.56 Å². The highest BCUT2D eigenvalue weighted by molar-refractivity contribution is 6.39. The summed E-state index contributed by atoms with van der Waals surface area (Å²) in [6, 6.07) is 9.75. The van der Waals surface area contributed by atoms with E-state index in [9.17, 15) is 24.5 Å². The molecular formula is C20H18N4O6. The van der Waals surface area contributed by atoms with Crippen molar-refractivity contribution in [3.05, 3.63) is 63.7 Å². The number of amides is 4. The molecule has 10 nitrogen and oxygen atoms in total. The Labute approximate surface area is 171 Å². The number of carbonyl (C=O) groups is 3. The molecule has 1 N–H and O–H groups in total. The van der Waals surface area contributed by atoms with Crippen molar-refractivity contribution in [3.8, 4) is 5.75 Å². The van der Waals surface area contributed by atoms with Crippen molar-refractivity contribution in [3.63, 3.8) is 0 Å². The second kappa shape index (κ2) is 8.03. The van der Waals surface area contributed by atoms with Gasteiger partial charge in [-0.15, -0.1) is 0 Å². The van der Waals surface area contributed by atoms with Crippen molar-refractivity contribution in [2.24, 2.45) is 0 Å². The van der Waals surface area contributed by atoms with E-state index in [2.05, 4.69) is 5.32 Å². The summed E-state index contributed by atoms with van der Waals surface area (Å²) < 4.78 is 5.20. The first-order chi connectivity index (χ1) is 14.2. The molecule has 1 fully saturated rings. The normalized spacial score (nSPS) is 15.2. The number of anilines is 2. The van der Waals surface area contributed by atoms with Crippen molar-refractivity contribution in [1.82, 2.24) is 5.32 Å². The zero-order valence-corrected chi connectivity index (χ0v) is 16.4. The fraction of sp³-hybridized carbons (Fsp3) is 0.150. The summed E-state index contributed by atoms with van der Waals surface area (Å²) in [5.41, 5.74) is 0.269. The van der Waals surface area contributed by atoms with Crippen LogP contribution in [0.4, 0.5) is 21.9 Å². The average molecular weight is 410 g/mol. The third kappa shape index (κ3) is 3.70. The number of ether oxygens (including phenoxy) is 1. The molecule has 0 atom stereocenters. The Morgan fingerprint density at radius 3 is 2.47 bits per heavy atom. The van der Waals surface area contributed by atoms with E-state index in [1.165, 1.54) is 31.4 Å². The molecule has 0 saturated carbocycles. The number of nitro groups is 1. The first-order valence-corrected chi connectivity index (χ1v) is 8.75. The molecule has 2 aromatic carbocycles. The summed E-state index contributed by atoms with van der Waals surface area (Å²) in [4.78, 5) is 50.9. The van der Waals surface area contributed by atoms with Gasteiger partial charge in [0.1, 0.15) is 17.0 Å². The van der Waals surface area contributed by atoms with Gasteiger partial charge in [0, 0.05) is 20.2 Å². The van der Waals surface area contributed by atoms with Crippen LogP contribution in [0.25, 0.3) is 6.08 Å². The number of carbonyl (C=O) groups excluding carboxylic acids is 3. The number of barbiturate groups is 1. The zero-order chi connectivity index (χ0) is 22.0. The molecule has 0 aromatic heterocycles. The number of hydrogen-bond acceptors (Lipinski definition) is 7. The van der Waals surface area contributed by atoms with Gasteiger partial charge in [-0.25, -0.2) is 9.69 Å². The summed E-state index contributed by atoms with van der Waals surface area (Å²) in [5, 5.41) is 13.5. The number of hydrogen-bond donors (Lipinski definition) is 1. The van der Waals surface area contributed by atoms with Crippen LogP contribution in [-0.2, 0) is 9.59 Å². The molecule has 1 saturated heterocycles. The molecular weight excluding hydrogens is 392 g/mol. The van der Waals surface area contributed by atoms with E-state index in [0.29, 0.717) is 5.69 Å². The highest BCUT2D eigenvalue weighted by atomic mass is 16.6. The minimum Gasteiger partial charge on any atom is -0.495 e. The zero-order valence-electron chi connectivity index (χ0n) is 16.4. The number of nitrogens with zero attached hydrogens (tertiary/aromatic N) is 3. The third-order valence-corrected chi connectivity index (χ3v) is 4.42. The Kier molecular flexibility index (Phi) is 5.50. The Bertz CT molecular complexity index is 1090. The first kappa shape index (κ1) is 20.5. The Balaban J connectivity index is 2.07. The van der Waals surface area contributed by atoms with Gasteiger partial charge in [0.25, 0.3) is 17.5 Å². The molecule has 0 aliphatic carbocycles. The number of methoxy groups -OCH3 is 1. The van der Waals surface area contributed by atoms with Gasteiger partial charge in [0.05, 0.1) is 17.7 Å². The number of benzene rings is 2. The lowest BCUT2D eigenvalue weighted by Gasteiger charge is -2.27. The quantitative estimate of drug-likeness (QED) is 0.347. The van der Waals surface area contributed by atoms with Crippen LogP contribution in [0, 0.1) is 10.1 Å². The number of urea groups is 1. The van der Waals surface area contributed by atoms with Gasteiger partial charge in [-0.05, 0) is 29.8 Å².